The number of halogens is 1. The van der Waals surface area contributed by atoms with Gasteiger partial charge in [0.05, 0.1) is 15.9 Å². The fraction of sp³-hybridized carbons (Fsp3) is 0.769. The second-order valence-corrected chi connectivity index (χ2v) is 8.10. The molecule has 0 spiro atoms. The van der Waals surface area contributed by atoms with Crippen LogP contribution in [-0.4, -0.2) is 38.3 Å². The summed E-state index contributed by atoms with van der Waals surface area (Å²) < 4.78 is 3.60. The van der Waals surface area contributed by atoms with E-state index < -0.39 is 0 Å². The van der Waals surface area contributed by atoms with Gasteiger partial charge < -0.3 is 0 Å². The maximum Gasteiger partial charge on any atom is 0.0767 e. The molecule has 1 saturated heterocycles. The van der Waals surface area contributed by atoms with Crippen molar-refractivity contribution < 1.29 is 0 Å². The molecule has 0 aromatic carbocycles. The first kappa shape index (κ1) is 14.4. The zero-order valence-corrected chi connectivity index (χ0v) is 14.1. The predicted octanol–water partition coefficient (Wildman–Crippen LogP) is 3.07. The van der Waals surface area contributed by atoms with Crippen LogP contribution in [0.15, 0.2) is 4.47 Å². The van der Waals surface area contributed by atoms with Crippen molar-refractivity contribution in [3.8, 4) is 0 Å². The van der Waals surface area contributed by atoms with Gasteiger partial charge in [0, 0.05) is 37.2 Å². The lowest BCUT2D eigenvalue weighted by Gasteiger charge is -2.37. The monoisotopic (exact) mass is 331 g/mol. The lowest BCUT2D eigenvalue weighted by molar-refractivity contribution is 0.246. The molecule has 1 aromatic heterocycles. The molecule has 2 heterocycles. The summed E-state index contributed by atoms with van der Waals surface area (Å²) in [7, 11) is 2.04. The van der Waals surface area contributed by atoms with E-state index in [2.05, 4.69) is 58.5 Å². The summed E-state index contributed by atoms with van der Waals surface area (Å²) in [6.07, 6.45) is 0.982. The van der Waals surface area contributed by atoms with Crippen LogP contribution in [0.2, 0.25) is 0 Å². The highest BCUT2D eigenvalue weighted by Gasteiger charge is 2.28. The summed E-state index contributed by atoms with van der Waals surface area (Å²) in [6.45, 7) is 10.1. The van der Waals surface area contributed by atoms with E-state index in [1.807, 2.05) is 11.7 Å². The molecule has 0 N–H and O–H groups in total. The third kappa shape index (κ3) is 3.11. The third-order valence-electron chi connectivity index (χ3n) is 3.38. The highest BCUT2D eigenvalue weighted by atomic mass is 79.9. The Morgan fingerprint density at radius 3 is 2.72 bits per heavy atom. The van der Waals surface area contributed by atoms with Crippen LogP contribution in [-0.2, 0) is 20.0 Å². The van der Waals surface area contributed by atoms with Gasteiger partial charge in [-0.2, -0.15) is 16.9 Å². The molecule has 0 radical (unpaired) electrons. The van der Waals surface area contributed by atoms with E-state index in [-0.39, 0.29) is 0 Å². The lowest BCUT2D eigenvalue weighted by atomic mass is 10.2. The Bertz CT molecular complexity index is 428. The largest absolute Gasteiger partial charge is 0.295 e. The van der Waals surface area contributed by atoms with Crippen LogP contribution < -0.4 is 0 Å². The zero-order chi connectivity index (χ0) is 13.3. The van der Waals surface area contributed by atoms with Gasteiger partial charge in [-0.15, -0.1) is 0 Å². The number of thioether (sulfide) groups is 1. The summed E-state index contributed by atoms with van der Waals surface area (Å²) in [6, 6.07) is 0. The first-order chi connectivity index (χ1) is 8.43. The molecule has 18 heavy (non-hydrogen) atoms. The molecule has 0 aliphatic carbocycles. The van der Waals surface area contributed by atoms with Gasteiger partial charge in [-0.05, 0) is 36.2 Å². The lowest BCUT2D eigenvalue weighted by Crippen LogP contribution is -2.42. The summed E-state index contributed by atoms with van der Waals surface area (Å²) >= 11 is 5.78. The Labute approximate surface area is 122 Å². The molecular weight excluding hydrogens is 310 g/mol. The van der Waals surface area contributed by atoms with Crippen molar-refractivity contribution in [3.05, 3.63) is 15.9 Å². The normalized spacial score (nSPS) is 20.3. The minimum atomic E-state index is 0.372. The summed E-state index contributed by atoms with van der Waals surface area (Å²) in [5, 5.41) is 4.57. The molecule has 102 valence electrons. The molecule has 3 nitrogen and oxygen atoms in total. The molecule has 5 heteroatoms. The zero-order valence-electron chi connectivity index (χ0n) is 11.7. The average Bonchev–Trinajstić information content (AvgIpc) is 2.55. The maximum absolute atomic E-state index is 4.57. The highest BCUT2D eigenvalue weighted by Crippen LogP contribution is 2.31. The maximum atomic E-state index is 4.57. The number of aryl methyl sites for hydroxylation is 2. The van der Waals surface area contributed by atoms with Gasteiger partial charge in [0.2, 0.25) is 0 Å². The third-order valence-corrected chi connectivity index (χ3v) is 5.59. The van der Waals surface area contributed by atoms with Gasteiger partial charge in [0.15, 0.2) is 0 Å². The summed E-state index contributed by atoms with van der Waals surface area (Å²) in [4.78, 5) is 2.54. The first-order valence-corrected chi connectivity index (χ1v) is 8.27. The molecule has 0 bridgehead atoms. The molecule has 0 amide bonds. The molecule has 2 rings (SSSR count). The van der Waals surface area contributed by atoms with Crippen LogP contribution in [0.3, 0.4) is 0 Å². The molecule has 1 aliphatic rings. The standard InChI is InChI=1S/C13H22BrN3S/c1-5-10-12(14)11(16(4)15-10)8-17-6-7-18-13(2,3)9-17/h5-9H2,1-4H3. The van der Waals surface area contributed by atoms with E-state index in [4.69, 9.17) is 0 Å². The van der Waals surface area contributed by atoms with Crippen molar-refractivity contribution in [1.29, 1.82) is 0 Å². The quantitative estimate of drug-likeness (QED) is 0.849. The number of rotatable bonds is 3. The molecule has 1 aromatic rings. The predicted molar refractivity (Wildman–Crippen MR) is 82.1 cm³/mol. The fourth-order valence-electron chi connectivity index (χ4n) is 2.45. The van der Waals surface area contributed by atoms with Crippen molar-refractivity contribution in [2.45, 2.75) is 38.5 Å². The molecule has 1 aliphatic heterocycles. The Hall–Kier alpha value is -0.000000000000000111. The van der Waals surface area contributed by atoms with Gasteiger partial charge in [0.25, 0.3) is 0 Å². The van der Waals surface area contributed by atoms with Crippen molar-refractivity contribution in [3.63, 3.8) is 0 Å². The van der Waals surface area contributed by atoms with E-state index in [1.165, 1.54) is 22.5 Å². The van der Waals surface area contributed by atoms with Crippen LogP contribution in [0.1, 0.15) is 32.2 Å². The topological polar surface area (TPSA) is 21.1 Å². The Kier molecular flexibility index (Phi) is 4.44. The molecular formula is C13H22BrN3S. The van der Waals surface area contributed by atoms with Gasteiger partial charge in [-0.1, -0.05) is 6.92 Å². The molecule has 0 unspecified atom stereocenters. The van der Waals surface area contributed by atoms with Crippen LogP contribution in [0.5, 0.6) is 0 Å². The second-order valence-electron chi connectivity index (χ2n) is 5.50. The van der Waals surface area contributed by atoms with Gasteiger partial charge in [-0.25, -0.2) is 0 Å². The van der Waals surface area contributed by atoms with Crippen LogP contribution in [0.4, 0.5) is 0 Å². The van der Waals surface area contributed by atoms with Gasteiger partial charge in [-0.3, -0.25) is 9.58 Å². The van der Waals surface area contributed by atoms with Crippen molar-refractivity contribution in [1.82, 2.24) is 14.7 Å². The Balaban J connectivity index is 2.12. The Morgan fingerprint density at radius 1 is 1.44 bits per heavy atom. The second kappa shape index (κ2) is 5.55. The first-order valence-electron chi connectivity index (χ1n) is 6.49. The van der Waals surface area contributed by atoms with Gasteiger partial charge >= 0.3 is 0 Å². The smallest absolute Gasteiger partial charge is 0.0767 e. The Morgan fingerprint density at radius 2 is 2.17 bits per heavy atom. The average molecular weight is 332 g/mol. The van der Waals surface area contributed by atoms with Crippen LogP contribution >= 0.6 is 27.7 Å². The van der Waals surface area contributed by atoms with E-state index in [1.54, 1.807) is 0 Å². The summed E-state index contributed by atoms with van der Waals surface area (Å²) in [5.74, 6) is 1.23. The van der Waals surface area contributed by atoms with E-state index in [9.17, 15) is 0 Å². The number of aromatic nitrogens is 2. The molecule has 1 fully saturated rings. The molecule has 0 saturated carbocycles. The highest BCUT2D eigenvalue weighted by molar-refractivity contribution is 9.10. The van der Waals surface area contributed by atoms with Crippen molar-refractivity contribution in [2.75, 3.05) is 18.8 Å². The van der Waals surface area contributed by atoms with Crippen molar-refractivity contribution in [2.24, 2.45) is 7.05 Å². The van der Waals surface area contributed by atoms with Crippen LogP contribution in [0, 0.1) is 0 Å². The number of hydrogen-bond donors (Lipinski definition) is 0. The van der Waals surface area contributed by atoms with E-state index >= 15 is 0 Å². The summed E-state index contributed by atoms with van der Waals surface area (Å²) in [5.41, 5.74) is 2.47. The SMILES string of the molecule is CCc1nn(C)c(CN2CCSC(C)(C)C2)c1Br. The van der Waals surface area contributed by atoms with Crippen LogP contribution in [0.25, 0.3) is 0 Å². The molecule has 0 atom stereocenters. The number of nitrogens with zero attached hydrogens (tertiary/aromatic N) is 3. The van der Waals surface area contributed by atoms with Gasteiger partial charge in [0.1, 0.15) is 0 Å². The van der Waals surface area contributed by atoms with E-state index in [0.717, 1.165) is 25.2 Å². The number of hydrogen-bond acceptors (Lipinski definition) is 3. The minimum Gasteiger partial charge on any atom is -0.295 e. The minimum absolute atomic E-state index is 0.372. The van der Waals surface area contributed by atoms with E-state index in [0.29, 0.717) is 4.75 Å². The fourth-order valence-corrected chi connectivity index (χ4v) is 4.37. The van der Waals surface area contributed by atoms with Crippen molar-refractivity contribution >= 4 is 27.7 Å².